The molecule has 0 saturated carbocycles. The average molecular weight is 488 g/mol. The van der Waals surface area contributed by atoms with E-state index in [-0.39, 0.29) is 5.91 Å². The van der Waals surface area contributed by atoms with Crippen molar-refractivity contribution in [3.63, 3.8) is 0 Å². The monoisotopic (exact) mass is 486 g/mol. The number of carbonyl (C=O) groups excluding carboxylic acids is 1. The quantitative estimate of drug-likeness (QED) is 0.365. The fraction of sp³-hybridized carbons (Fsp3) is 0.0476. The fourth-order valence-corrected chi connectivity index (χ4v) is 3.22. The molecule has 0 saturated heterocycles. The van der Waals surface area contributed by atoms with Crippen LogP contribution in [0.1, 0.15) is 21.5 Å². The number of amides is 1. The predicted octanol–water partition coefficient (Wildman–Crippen LogP) is 5.55. The van der Waals surface area contributed by atoms with Gasteiger partial charge in [-0.05, 0) is 63.5 Å². The zero-order valence-electron chi connectivity index (χ0n) is 14.2. The van der Waals surface area contributed by atoms with Crippen LogP contribution in [0.3, 0.4) is 0 Å². The molecular weight excluding hydrogens is 472 g/mol. The van der Waals surface area contributed by atoms with Crippen molar-refractivity contribution < 1.29 is 9.53 Å². The molecular formula is C21H16Br2N2O2. The molecule has 0 unspecified atom stereocenters. The van der Waals surface area contributed by atoms with Crippen LogP contribution < -0.4 is 10.2 Å². The standard InChI is InChI=1S/C21H16Br2N2O2/c22-18-8-4-7-17(12-18)21(26)25-24-13-16-9-10-20(19(23)11-16)27-14-15-5-2-1-3-6-15/h1-13H,14H2,(H,25,26)/b24-13-. The molecule has 0 atom stereocenters. The molecule has 0 fully saturated rings. The van der Waals surface area contributed by atoms with Crippen LogP contribution in [0.15, 0.2) is 86.8 Å². The van der Waals surface area contributed by atoms with Crippen molar-refractivity contribution >= 4 is 44.0 Å². The summed E-state index contributed by atoms with van der Waals surface area (Å²) in [5.74, 6) is 0.476. The van der Waals surface area contributed by atoms with Gasteiger partial charge in [-0.3, -0.25) is 4.79 Å². The van der Waals surface area contributed by atoms with Gasteiger partial charge < -0.3 is 4.74 Å². The van der Waals surface area contributed by atoms with Crippen LogP contribution in [0.25, 0.3) is 0 Å². The SMILES string of the molecule is O=C(N/N=C\c1ccc(OCc2ccccc2)c(Br)c1)c1cccc(Br)c1. The van der Waals surface area contributed by atoms with E-state index in [0.29, 0.717) is 12.2 Å². The molecule has 0 spiro atoms. The van der Waals surface area contributed by atoms with Gasteiger partial charge in [0.25, 0.3) is 5.91 Å². The van der Waals surface area contributed by atoms with Crippen molar-refractivity contribution in [2.75, 3.05) is 0 Å². The van der Waals surface area contributed by atoms with Gasteiger partial charge in [0.15, 0.2) is 0 Å². The van der Waals surface area contributed by atoms with Crippen molar-refractivity contribution in [2.45, 2.75) is 6.61 Å². The van der Waals surface area contributed by atoms with Gasteiger partial charge in [-0.25, -0.2) is 5.43 Å². The molecule has 3 aromatic rings. The zero-order valence-corrected chi connectivity index (χ0v) is 17.4. The number of hydrogen-bond acceptors (Lipinski definition) is 3. The van der Waals surface area contributed by atoms with E-state index in [4.69, 9.17) is 4.74 Å². The third kappa shape index (κ3) is 5.77. The molecule has 0 aliphatic rings. The van der Waals surface area contributed by atoms with Crippen LogP contribution in [0.4, 0.5) is 0 Å². The lowest BCUT2D eigenvalue weighted by Crippen LogP contribution is -2.17. The van der Waals surface area contributed by atoms with Gasteiger partial charge in [0.05, 0.1) is 10.7 Å². The maximum absolute atomic E-state index is 12.1. The number of nitrogens with one attached hydrogen (secondary N) is 1. The molecule has 0 bridgehead atoms. The molecule has 0 radical (unpaired) electrons. The summed E-state index contributed by atoms with van der Waals surface area (Å²) in [5, 5.41) is 4.01. The Hall–Kier alpha value is -2.44. The van der Waals surface area contributed by atoms with Gasteiger partial charge in [0.2, 0.25) is 0 Å². The Labute approximate surface area is 174 Å². The van der Waals surface area contributed by atoms with E-state index in [1.807, 2.05) is 54.6 Å². The fourth-order valence-electron chi connectivity index (χ4n) is 2.31. The summed E-state index contributed by atoms with van der Waals surface area (Å²) in [6, 6.07) is 22.7. The van der Waals surface area contributed by atoms with Crippen LogP contribution in [-0.2, 0) is 6.61 Å². The molecule has 0 aliphatic heterocycles. The van der Waals surface area contributed by atoms with E-state index in [0.717, 1.165) is 25.8 Å². The summed E-state index contributed by atoms with van der Waals surface area (Å²) < 4.78 is 7.49. The molecule has 4 nitrogen and oxygen atoms in total. The predicted molar refractivity (Wildman–Crippen MR) is 114 cm³/mol. The molecule has 3 aromatic carbocycles. The van der Waals surface area contributed by atoms with Gasteiger partial charge in [-0.1, -0.05) is 52.3 Å². The minimum Gasteiger partial charge on any atom is -0.488 e. The van der Waals surface area contributed by atoms with Crippen LogP contribution in [0, 0.1) is 0 Å². The summed E-state index contributed by atoms with van der Waals surface area (Å²) in [5.41, 5.74) is 4.99. The second-order valence-electron chi connectivity index (χ2n) is 5.67. The van der Waals surface area contributed by atoms with Crippen molar-refractivity contribution in [3.05, 3.63) is 98.4 Å². The number of hydrogen-bond donors (Lipinski definition) is 1. The van der Waals surface area contributed by atoms with Gasteiger partial charge in [0.1, 0.15) is 12.4 Å². The lowest BCUT2D eigenvalue weighted by atomic mass is 10.2. The number of rotatable bonds is 6. The maximum Gasteiger partial charge on any atom is 0.271 e. The van der Waals surface area contributed by atoms with E-state index in [2.05, 4.69) is 42.4 Å². The number of ether oxygens (including phenoxy) is 1. The molecule has 136 valence electrons. The van der Waals surface area contributed by atoms with Gasteiger partial charge >= 0.3 is 0 Å². The van der Waals surface area contributed by atoms with Crippen LogP contribution in [0.2, 0.25) is 0 Å². The van der Waals surface area contributed by atoms with Crippen LogP contribution in [0.5, 0.6) is 5.75 Å². The molecule has 0 aromatic heterocycles. The van der Waals surface area contributed by atoms with Crippen LogP contribution in [-0.4, -0.2) is 12.1 Å². The first-order valence-electron chi connectivity index (χ1n) is 8.17. The number of nitrogens with zero attached hydrogens (tertiary/aromatic N) is 1. The largest absolute Gasteiger partial charge is 0.488 e. The highest BCUT2D eigenvalue weighted by atomic mass is 79.9. The Balaban J connectivity index is 1.58. The average Bonchev–Trinajstić information content (AvgIpc) is 2.68. The van der Waals surface area contributed by atoms with E-state index in [9.17, 15) is 4.79 Å². The van der Waals surface area contributed by atoms with E-state index in [1.165, 1.54) is 0 Å². The van der Waals surface area contributed by atoms with Crippen molar-refractivity contribution in [2.24, 2.45) is 5.10 Å². The Morgan fingerprint density at radius 3 is 2.56 bits per heavy atom. The molecule has 3 rings (SSSR count). The first-order valence-corrected chi connectivity index (χ1v) is 9.76. The topological polar surface area (TPSA) is 50.7 Å². The Morgan fingerprint density at radius 2 is 1.81 bits per heavy atom. The Morgan fingerprint density at radius 1 is 1.00 bits per heavy atom. The summed E-state index contributed by atoms with van der Waals surface area (Å²) in [6.07, 6.45) is 1.58. The van der Waals surface area contributed by atoms with Gasteiger partial charge in [-0.15, -0.1) is 0 Å². The Bertz CT molecular complexity index is 959. The third-order valence-electron chi connectivity index (χ3n) is 3.66. The minimum absolute atomic E-state index is 0.269. The molecule has 0 aliphatic carbocycles. The van der Waals surface area contributed by atoms with Gasteiger partial charge in [0, 0.05) is 10.0 Å². The minimum atomic E-state index is -0.269. The summed E-state index contributed by atoms with van der Waals surface area (Å²) >= 11 is 6.85. The van der Waals surface area contributed by atoms with E-state index in [1.54, 1.807) is 24.4 Å². The summed E-state index contributed by atoms with van der Waals surface area (Å²) in [7, 11) is 0. The summed E-state index contributed by atoms with van der Waals surface area (Å²) in [6.45, 7) is 0.496. The number of carbonyl (C=O) groups is 1. The first-order chi connectivity index (χ1) is 13.1. The Kier molecular flexibility index (Phi) is 6.79. The summed E-state index contributed by atoms with van der Waals surface area (Å²) in [4.78, 5) is 12.1. The zero-order chi connectivity index (χ0) is 19.1. The lowest BCUT2D eigenvalue weighted by Gasteiger charge is -2.08. The van der Waals surface area contributed by atoms with Crippen molar-refractivity contribution in [1.29, 1.82) is 0 Å². The number of hydrazone groups is 1. The smallest absolute Gasteiger partial charge is 0.271 e. The van der Waals surface area contributed by atoms with Crippen LogP contribution >= 0.6 is 31.9 Å². The third-order valence-corrected chi connectivity index (χ3v) is 4.77. The molecule has 27 heavy (non-hydrogen) atoms. The highest BCUT2D eigenvalue weighted by molar-refractivity contribution is 9.10. The van der Waals surface area contributed by atoms with Gasteiger partial charge in [-0.2, -0.15) is 5.10 Å². The maximum atomic E-state index is 12.1. The highest BCUT2D eigenvalue weighted by Crippen LogP contribution is 2.26. The van der Waals surface area contributed by atoms with E-state index >= 15 is 0 Å². The molecule has 1 N–H and O–H groups in total. The molecule has 6 heteroatoms. The molecule has 1 amide bonds. The first kappa shape index (κ1) is 19.3. The van der Waals surface area contributed by atoms with E-state index < -0.39 is 0 Å². The normalized spacial score (nSPS) is 10.7. The lowest BCUT2D eigenvalue weighted by molar-refractivity contribution is 0.0955. The number of benzene rings is 3. The number of halogens is 2. The molecule has 0 heterocycles. The van der Waals surface area contributed by atoms with Crippen molar-refractivity contribution in [1.82, 2.24) is 5.43 Å². The highest BCUT2D eigenvalue weighted by Gasteiger charge is 2.05. The van der Waals surface area contributed by atoms with Crippen molar-refractivity contribution in [3.8, 4) is 5.75 Å². The second-order valence-corrected chi connectivity index (χ2v) is 7.44. The second kappa shape index (κ2) is 9.48.